The molecule has 1 aliphatic heterocycles. The van der Waals surface area contributed by atoms with Crippen molar-refractivity contribution in [2.75, 3.05) is 11.6 Å². The van der Waals surface area contributed by atoms with Crippen molar-refractivity contribution in [1.29, 1.82) is 0 Å². The molecule has 0 saturated carbocycles. The molecule has 2 N–H and O–H groups in total. The minimum absolute atomic E-state index is 0.0158. The second kappa shape index (κ2) is 5.92. The Morgan fingerprint density at radius 1 is 1.56 bits per heavy atom. The first-order valence-electron chi connectivity index (χ1n) is 6.00. The maximum atomic E-state index is 11.8. The Morgan fingerprint density at radius 3 is 2.75 bits per heavy atom. The molecule has 0 aromatic carbocycles. The molecule has 1 fully saturated rings. The molecular weight excluding hydrogens is 220 g/mol. The zero-order valence-electron chi connectivity index (χ0n) is 10.8. The van der Waals surface area contributed by atoms with Gasteiger partial charge in [-0.1, -0.05) is 20.8 Å². The number of thioether (sulfide) groups is 1. The molecule has 1 aliphatic rings. The van der Waals surface area contributed by atoms with E-state index in [0.717, 1.165) is 24.5 Å². The van der Waals surface area contributed by atoms with Crippen LogP contribution >= 0.6 is 11.8 Å². The maximum absolute atomic E-state index is 11.8. The molecule has 16 heavy (non-hydrogen) atoms. The van der Waals surface area contributed by atoms with Gasteiger partial charge in [0.2, 0.25) is 5.91 Å². The normalized spacial score (nSPS) is 23.1. The van der Waals surface area contributed by atoms with Crippen LogP contribution in [-0.2, 0) is 4.79 Å². The first-order valence-corrected chi connectivity index (χ1v) is 7.15. The fourth-order valence-electron chi connectivity index (χ4n) is 1.63. The molecule has 1 heterocycles. The predicted molar refractivity (Wildman–Crippen MR) is 70.5 cm³/mol. The lowest BCUT2D eigenvalue weighted by molar-refractivity contribution is -0.123. The molecule has 0 aliphatic carbocycles. The summed E-state index contributed by atoms with van der Waals surface area (Å²) in [5.74, 6) is 1.96. The van der Waals surface area contributed by atoms with Gasteiger partial charge in [-0.05, 0) is 25.2 Å². The monoisotopic (exact) mass is 244 g/mol. The molecule has 0 aromatic rings. The lowest BCUT2D eigenvalue weighted by atomic mass is 9.89. The van der Waals surface area contributed by atoms with E-state index in [1.165, 1.54) is 0 Å². The number of amides is 1. The second-order valence-corrected chi connectivity index (χ2v) is 6.81. The van der Waals surface area contributed by atoms with Crippen LogP contribution in [0.4, 0.5) is 0 Å². The lowest BCUT2D eigenvalue weighted by Crippen LogP contribution is -2.45. The van der Waals surface area contributed by atoms with Gasteiger partial charge in [0.05, 0.1) is 6.04 Å². The summed E-state index contributed by atoms with van der Waals surface area (Å²) in [6, 6.07) is 0.293. The summed E-state index contributed by atoms with van der Waals surface area (Å²) < 4.78 is 0. The molecule has 0 spiro atoms. The molecule has 0 bridgehead atoms. The van der Waals surface area contributed by atoms with Gasteiger partial charge in [-0.2, -0.15) is 0 Å². The summed E-state index contributed by atoms with van der Waals surface area (Å²) in [6.45, 7) is 8.79. The number of carbonyl (C=O) groups is 1. The maximum Gasteiger partial charge on any atom is 0.238 e. The average Bonchev–Trinajstić information content (AvgIpc) is 2.66. The van der Waals surface area contributed by atoms with Crippen molar-refractivity contribution < 1.29 is 4.79 Å². The van der Waals surface area contributed by atoms with E-state index in [0.29, 0.717) is 5.41 Å². The van der Waals surface area contributed by atoms with Crippen molar-refractivity contribution in [1.82, 2.24) is 10.6 Å². The van der Waals surface area contributed by atoms with Crippen molar-refractivity contribution >= 4 is 17.7 Å². The fourth-order valence-corrected chi connectivity index (χ4v) is 2.57. The van der Waals surface area contributed by atoms with Crippen LogP contribution < -0.4 is 10.6 Å². The van der Waals surface area contributed by atoms with E-state index < -0.39 is 0 Å². The number of nitrogens with one attached hydrogen (secondary N) is 2. The summed E-state index contributed by atoms with van der Waals surface area (Å²) in [5, 5.41) is 6.26. The van der Waals surface area contributed by atoms with Crippen LogP contribution in [0.5, 0.6) is 0 Å². The first-order chi connectivity index (χ1) is 7.38. The highest BCUT2D eigenvalue weighted by Crippen LogP contribution is 2.21. The van der Waals surface area contributed by atoms with Crippen LogP contribution in [0.2, 0.25) is 0 Å². The Hall–Kier alpha value is -0.220. The third-order valence-corrected chi connectivity index (χ3v) is 3.69. The Labute approximate surface area is 103 Å². The molecule has 3 nitrogen and oxygen atoms in total. The Morgan fingerprint density at radius 2 is 2.25 bits per heavy atom. The molecule has 4 heteroatoms. The Kier molecular flexibility index (Phi) is 5.12. The quantitative estimate of drug-likeness (QED) is 0.794. The number of carbonyl (C=O) groups excluding carboxylic acids is 1. The van der Waals surface area contributed by atoms with E-state index in [2.05, 4.69) is 38.3 Å². The molecule has 0 aromatic heterocycles. The van der Waals surface area contributed by atoms with E-state index in [-0.39, 0.29) is 18.0 Å². The fraction of sp³-hybridized carbons (Fsp3) is 0.917. The van der Waals surface area contributed by atoms with Gasteiger partial charge < -0.3 is 5.32 Å². The third kappa shape index (κ3) is 5.21. The summed E-state index contributed by atoms with van der Waals surface area (Å²) in [6.07, 6.45) is 2.19. The lowest BCUT2D eigenvalue weighted by Gasteiger charge is -2.22. The van der Waals surface area contributed by atoms with E-state index in [1.807, 2.05) is 0 Å². The Bertz CT molecular complexity index is 232. The number of hydrogen-bond acceptors (Lipinski definition) is 3. The number of hydrogen-bond donors (Lipinski definition) is 2. The van der Waals surface area contributed by atoms with Gasteiger partial charge in [0, 0.05) is 17.7 Å². The van der Waals surface area contributed by atoms with Gasteiger partial charge >= 0.3 is 0 Å². The molecule has 1 rings (SSSR count). The molecule has 94 valence electrons. The van der Waals surface area contributed by atoms with Crippen molar-refractivity contribution in [3.8, 4) is 0 Å². The summed E-state index contributed by atoms with van der Waals surface area (Å²) in [7, 11) is 0. The summed E-state index contributed by atoms with van der Waals surface area (Å²) in [4.78, 5) is 11.8. The topological polar surface area (TPSA) is 41.1 Å². The van der Waals surface area contributed by atoms with E-state index in [1.54, 1.807) is 11.8 Å². The van der Waals surface area contributed by atoms with Crippen molar-refractivity contribution in [3.63, 3.8) is 0 Å². The van der Waals surface area contributed by atoms with Gasteiger partial charge in [-0.15, -0.1) is 11.8 Å². The summed E-state index contributed by atoms with van der Waals surface area (Å²) >= 11 is 1.78. The molecule has 1 amide bonds. The first kappa shape index (κ1) is 13.8. The highest BCUT2D eigenvalue weighted by atomic mass is 32.2. The van der Waals surface area contributed by atoms with Gasteiger partial charge in [0.15, 0.2) is 0 Å². The largest absolute Gasteiger partial charge is 0.352 e. The van der Waals surface area contributed by atoms with E-state index >= 15 is 0 Å². The van der Waals surface area contributed by atoms with Crippen molar-refractivity contribution in [2.45, 2.75) is 52.6 Å². The second-order valence-electron chi connectivity index (χ2n) is 5.78. The van der Waals surface area contributed by atoms with Gasteiger partial charge in [-0.3, -0.25) is 10.1 Å². The molecular formula is C12H24N2OS. The predicted octanol–water partition coefficient (Wildman–Crippen LogP) is 1.98. The smallest absolute Gasteiger partial charge is 0.238 e. The van der Waals surface area contributed by atoms with Crippen LogP contribution in [0.3, 0.4) is 0 Å². The van der Waals surface area contributed by atoms with Crippen molar-refractivity contribution in [3.05, 3.63) is 0 Å². The molecule has 1 saturated heterocycles. The third-order valence-electron chi connectivity index (χ3n) is 2.75. The Balaban J connectivity index is 2.22. The minimum Gasteiger partial charge on any atom is -0.352 e. The number of rotatable bonds is 4. The van der Waals surface area contributed by atoms with Crippen molar-refractivity contribution in [2.24, 2.45) is 5.41 Å². The summed E-state index contributed by atoms with van der Waals surface area (Å²) in [5.41, 5.74) is 0.348. The van der Waals surface area contributed by atoms with Gasteiger partial charge in [-0.25, -0.2) is 0 Å². The van der Waals surface area contributed by atoms with Crippen LogP contribution in [0, 0.1) is 5.41 Å². The zero-order chi connectivity index (χ0) is 12.2. The van der Waals surface area contributed by atoms with E-state index in [4.69, 9.17) is 0 Å². The highest BCUT2D eigenvalue weighted by Gasteiger charge is 2.23. The highest BCUT2D eigenvalue weighted by molar-refractivity contribution is 7.99. The average molecular weight is 244 g/mol. The van der Waals surface area contributed by atoms with Crippen LogP contribution in [0.1, 0.15) is 40.5 Å². The van der Waals surface area contributed by atoms with Crippen LogP contribution in [0.15, 0.2) is 0 Å². The van der Waals surface area contributed by atoms with E-state index in [9.17, 15) is 4.79 Å². The molecule has 2 atom stereocenters. The SMILES string of the molecule is CC(CCC(C)(C)C)NC(=O)C1CSCN1. The van der Waals surface area contributed by atoms with Gasteiger partial charge in [0.1, 0.15) is 0 Å². The zero-order valence-corrected chi connectivity index (χ0v) is 11.6. The molecule has 2 unspecified atom stereocenters. The minimum atomic E-state index is 0.0158. The van der Waals surface area contributed by atoms with Gasteiger partial charge in [0.25, 0.3) is 0 Å². The molecule has 0 radical (unpaired) electrons. The van der Waals surface area contributed by atoms with Crippen LogP contribution in [-0.4, -0.2) is 29.6 Å². The van der Waals surface area contributed by atoms with Crippen LogP contribution in [0.25, 0.3) is 0 Å². The standard InChI is InChI=1S/C12H24N2OS/c1-9(5-6-12(2,3)4)14-11(15)10-7-16-8-13-10/h9-10,13H,5-8H2,1-4H3,(H,14,15).